The summed E-state index contributed by atoms with van der Waals surface area (Å²) in [6.07, 6.45) is 8.54. The molecule has 3 aromatic rings. The van der Waals surface area contributed by atoms with Gasteiger partial charge in [-0.3, -0.25) is 0 Å². The van der Waals surface area contributed by atoms with Gasteiger partial charge in [-0.05, 0) is 54.2 Å². The Kier molecular flexibility index (Phi) is 4.61. The smallest absolute Gasteiger partial charge is 0.202 e. The van der Waals surface area contributed by atoms with Gasteiger partial charge in [0.2, 0.25) is 0 Å². The topological polar surface area (TPSA) is 8.81 Å². The van der Waals surface area contributed by atoms with E-state index < -0.39 is 0 Å². The SMILES string of the molecule is CCc1ccc(-n2cc[n+](-c3ccc(CC(C)C)cc3)c2)cc1. The van der Waals surface area contributed by atoms with E-state index in [1.165, 1.54) is 22.5 Å². The molecule has 23 heavy (non-hydrogen) atoms. The highest BCUT2D eigenvalue weighted by atomic mass is 15.1. The maximum absolute atomic E-state index is 2.26. The third-order valence-corrected chi connectivity index (χ3v) is 4.16. The molecule has 0 saturated carbocycles. The molecule has 0 radical (unpaired) electrons. The van der Waals surface area contributed by atoms with Gasteiger partial charge in [0.05, 0.1) is 0 Å². The molecule has 1 aromatic heterocycles. The van der Waals surface area contributed by atoms with Crippen molar-refractivity contribution in [2.75, 3.05) is 0 Å². The summed E-state index contributed by atoms with van der Waals surface area (Å²) < 4.78 is 4.31. The van der Waals surface area contributed by atoms with Crippen LogP contribution in [0.5, 0.6) is 0 Å². The van der Waals surface area contributed by atoms with E-state index in [4.69, 9.17) is 0 Å². The Morgan fingerprint density at radius 3 is 2.17 bits per heavy atom. The van der Waals surface area contributed by atoms with Crippen LogP contribution in [0.4, 0.5) is 0 Å². The molecule has 3 rings (SSSR count). The average Bonchev–Trinajstić information content (AvgIpc) is 3.05. The highest BCUT2D eigenvalue weighted by Crippen LogP contribution is 2.12. The molecule has 2 aromatic carbocycles. The Hall–Kier alpha value is -2.35. The van der Waals surface area contributed by atoms with Crippen molar-refractivity contribution in [1.82, 2.24) is 4.57 Å². The van der Waals surface area contributed by atoms with E-state index in [1.54, 1.807) is 0 Å². The van der Waals surface area contributed by atoms with E-state index in [1.807, 2.05) is 0 Å². The minimum atomic E-state index is 0.695. The molecule has 0 atom stereocenters. The Bertz CT molecular complexity index is 749. The number of aromatic nitrogens is 2. The largest absolute Gasteiger partial charge is 0.254 e. The molecule has 0 spiro atoms. The van der Waals surface area contributed by atoms with Crippen molar-refractivity contribution in [3.63, 3.8) is 0 Å². The highest BCUT2D eigenvalue weighted by Gasteiger charge is 2.09. The summed E-state index contributed by atoms with van der Waals surface area (Å²) in [5.74, 6) is 0.695. The fraction of sp³-hybridized carbons (Fsp3) is 0.286. The van der Waals surface area contributed by atoms with E-state index in [9.17, 15) is 0 Å². The van der Waals surface area contributed by atoms with Gasteiger partial charge in [-0.1, -0.05) is 45.0 Å². The van der Waals surface area contributed by atoms with Crippen molar-refractivity contribution < 1.29 is 4.57 Å². The van der Waals surface area contributed by atoms with Crippen molar-refractivity contribution in [2.24, 2.45) is 5.92 Å². The maximum Gasteiger partial charge on any atom is 0.254 e. The lowest BCUT2D eigenvalue weighted by molar-refractivity contribution is -0.594. The molecule has 0 fully saturated rings. The number of benzene rings is 2. The minimum absolute atomic E-state index is 0.695. The van der Waals surface area contributed by atoms with Gasteiger partial charge < -0.3 is 0 Å². The van der Waals surface area contributed by atoms with Gasteiger partial charge in [0.1, 0.15) is 23.8 Å². The predicted molar refractivity (Wildman–Crippen MR) is 95.2 cm³/mol. The number of rotatable bonds is 5. The van der Waals surface area contributed by atoms with Gasteiger partial charge in [0.15, 0.2) is 0 Å². The lowest BCUT2D eigenvalue weighted by Gasteiger charge is -2.04. The van der Waals surface area contributed by atoms with Crippen LogP contribution in [0.25, 0.3) is 11.4 Å². The van der Waals surface area contributed by atoms with Crippen LogP contribution in [0.15, 0.2) is 67.3 Å². The number of aryl methyl sites for hydroxylation is 1. The molecule has 0 aliphatic carbocycles. The summed E-state index contributed by atoms with van der Waals surface area (Å²) in [6.45, 7) is 6.70. The molecule has 0 aliphatic rings. The quantitative estimate of drug-likeness (QED) is 0.613. The number of nitrogens with zero attached hydrogens (tertiary/aromatic N) is 2. The molecule has 2 nitrogen and oxygen atoms in total. The molecule has 1 heterocycles. The van der Waals surface area contributed by atoms with Gasteiger partial charge in [-0.2, -0.15) is 0 Å². The second-order valence-electron chi connectivity index (χ2n) is 6.51. The first-order valence-corrected chi connectivity index (χ1v) is 8.43. The molecule has 0 amide bonds. The lowest BCUT2D eigenvalue weighted by atomic mass is 10.0. The summed E-state index contributed by atoms with van der Waals surface area (Å²) in [4.78, 5) is 0. The van der Waals surface area contributed by atoms with Gasteiger partial charge in [-0.15, -0.1) is 0 Å². The average molecular weight is 305 g/mol. The molecule has 0 aliphatic heterocycles. The number of hydrogen-bond donors (Lipinski definition) is 0. The Morgan fingerprint density at radius 1 is 0.913 bits per heavy atom. The first kappa shape index (κ1) is 15.5. The zero-order chi connectivity index (χ0) is 16.2. The maximum atomic E-state index is 2.26. The standard InChI is InChI=1S/C21H25N2/c1-4-18-5-9-20(10-6-18)22-13-14-23(16-22)21-11-7-19(8-12-21)15-17(2)3/h5-14,16-17H,4,15H2,1-3H3/q+1. The fourth-order valence-corrected chi connectivity index (χ4v) is 2.84. The molecule has 0 saturated heterocycles. The van der Waals surface area contributed by atoms with E-state index >= 15 is 0 Å². The van der Waals surface area contributed by atoms with Gasteiger partial charge >= 0.3 is 0 Å². The third-order valence-electron chi connectivity index (χ3n) is 4.16. The Labute approximate surface area is 139 Å². The fourth-order valence-electron chi connectivity index (χ4n) is 2.84. The number of imidazole rings is 1. The highest BCUT2D eigenvalue weighted by molar-refractivity contribution is 5.34. The van der Waals surface area contributed by atoms with Crippen LogP contribution in [0.2, 0.25) is 0 Å². The van der Waals surface area contributed by atoms with Crippen molar-refractivity contribution in [3.05, 3.63) is 78.4 Å². The zero-order valence-corrected chi connectivity index (χ0v) is 14.2. The van der Waals surface area contributed by atoms with E-state index in [2.05, 4.69) is 97.2 Å². The molecule has 0 unspecified atom stereocenters. The Morgan fingerprint density at radius 2 is 1.57 bits per heavy atom. The molecule has 0 bridgehead atoms. The van der Waals surface area contributed by atoms with Crippen molar-refractivity contribution in [3.8, 4) is 11.4 Å². The zero-order valence-electron chi connectivity index (χ0n) is 14.2. The summed E-state index contributed by atoms with van der Waals surface area (Å²) in [7, 11) is 0. The van der Waals surface area contributed by atoms with E-state index in [-0.39, 0.29) is 0 Å². The van der Waals surface area contributed by atoms with Gasteiger partial charge in [0, 0.05) is 0 Å². The summed E-state index contributed by atoms with van der Waals surface area (Å²) in [6, 6.07) is 17.6. The summed E-state index contributed by atoms with van der Waals surface area (Å²) in [5.41, 5.74) is 5.16. The van der Waals surface area contributed by atoms with Crippen LogP contribution in [-0.2, 0) is 12.8 Å². The van der Waals surface area contributed by atoms with Gasteiger partial charge in [0.25, 0.3) is 6.33 Å². The van der Waals surface area contributed by atoms with Crippen molar-refractivity contribution >= 4 is 0 Å². The molecule has 2 heteroatoms. The lowest BCUT2D eigenvalue weighted by Crippen LogP contribution is -2.27. The van der Waals surface area contributed by atoms with Crippen LogP contribution in [-0.4, -0.2) is 4.57 Å². The number of hydrogen-bond acceptors (Lipinski definition) is 0. The van der Waals surface area contributed by atoms with Gasteiger partial charge in [-0.25, -0.2) is 9.13 Å². The second kappa shape index (κ2) is 6.82. The first-order valence-electron chi connectivity index (χ1n) is 8.43. The monoisotopic (exact) mass is 305 g/mol. The summed E-state index contributed by atoms with van der Waals surface area (Å²) in [5, 5.41) is 0. The molecule has 118 valence electrons. The Balaban J connectivity index is 1.80. The van der Waals surface area contributed by atoms with Crippen LogP contribution in [0.1, 0.15) is 31.9 Å². The van der Waals surface area contributed by atoms with E-state index in [0.717, 1.165) is 12.8 Å². The predicted octanol–water partition coefficient (Wildman–Crippen LogP) is 4.51. The molecular weight excluding hydrogens is 280 g/mol. The molecular formula is C21H25N2+. The normalized spacial score (nSPS) is 11.1. The van der Waals surface area contributed by atoms with Crippen LogP contribution in [0.3, 0.4) is 0 Å². The first-order chi connectivity index (χ1) is 11.2. The summed E-state index contributed by atoms with van der Waals surface area (Å²) >= 11 is 0. The third kappa shape index (κ3) is 3.70. The van der Waals surface area contributed by atoms with Crippen molar-refractivity contribution in [2.45, 2.75) is 33.6 Å². The minimum Gasteiger partial charge on any atom is -0.202 e. The second-order valence-corrected chi connectivity index (χ2v) is 6.51. The van der Waals surface area contributed by atoms with Crippen LogP contribution < -0.4 is 4.57 Å². The molecule has 0 N–H and O–H groups in total. The van der Waals surface area contributed by atoms with E-state index in [0.29, 0.717) is 5.92 Å². The van der Waals surface area contributed by atoms with Crippen LogP contribution >= 0.6 is 0 Å². The van der Waals surface area contributed by atoms with Crippen LogP contribution in [0, 0.1) is 5.92 Å². The van der Waals surface area contributed by atoms with Crippen molar-refractivity contribution in [1.29, 1.82) is 0 Å².